The molecule has 1 aliphatic heterocycles. The Morgan fingerprint density at radius 1 is 1.08 bits per heavy atom. The van der Waals surface area contributed by atoms with Crippen molar-refractivity contribution >= 4 is 16.5 Å². The summed E-state index contributed by atoms with van der Waals surface area (Å²) in [4.78, 5) is 2.51. The zero-order chi connectivity index (χ0) is 18.3. The highest BCUT2D eigenvalue weighted by atomic mass is 19.3. The Labute approximate surface area is 153 Å². The zero-order valence-corrected chi connectivity index (χ0v) is 15.3. The summed E-state index contributed by atoms with van der Waals surface area (Å²) >= 11 is 0. The van der Waals surface area contributed by atoms with Gasteiger partial charge in [-0.25, -0.2) is 0 Å². The average molecular weight is 360 g/mol. The number of anilines is 1. The summed E-state index contributed by atoms with van der Waals surface area (Å²) in [6, 6.07) is 12.5. The fourth-order valence-corrected chi connectivity index (χ4v) is 4.59. The summed E-state index contributed by atoms with van der Waals surface area (Å²) in [5.74, 6) is 0.209. The summed E-state index contributed by atoms with van der Waals surface area (Å²) in [6.45, 7) is 2.64. The predicted octanol–water partition coefficient (Wildman–Crippen LogP) is 4.94. The minimum Gasteiger partial charge on any atom is -0.435 e. The molecule has 0 spiro atoms. The maximum atomic E-state index is 12.5. The van der Waals surface area contributed by atoms with E-state index in [4.69, 9.17) is 0 Å². The van der Waals surface area contributed by atoms with E-state index in [0.29, 0.717) is 12.1 Å². The second kappa shape index (κ2) is 6.69. The normalized spacial score (nSPS) is 25.3. The van der Waals surface area contributed by atoms with Crippen molar-refractivity contribution in [3.8, 4) is 5.75 Å². The van der Waals surface area contributed by atoms with Gasteiger partial charge in [0.1, 0.15) is 5.75 Å². The molecule has 1 aliphatic carbocycles. The second-order valence-electron chi connectivity index (χ2n) is 8.19. The van der Waals surface area contributed by atoms with Gasteiger partial charge in [-0.2, -0.15) is 8.78 Å². The molecule has 2 atom stereocenters. The van der Waals surface area contributed by atoms with E-state index in [0.717, 1.165) is 23.0 Å². The van der Waals surface area contributed by atoms with Crippen LogP contribution in [0, 0.1) is 0 Å². The molecule has 26 heavy (non-hydrogen) atoms. The van der Waals surface area contributed by atoms with E-state index in [1.165, 1.54) is 25.7 Å². The van der Waals surface area contributed by atoms with Gasteiger partial charge in [-0.3, -0.25) is 0 Å². The van der Waals surface area contributed by atoms with Crippen molar-refractivity contribution in [2.24, 2.45) is 0 Å². The number of alkyl halides is 2. The number of ether oxygens (including phenoxy) is 1. The van der Waals surface area contributed by atoms with Gasteiger partial charge in [0.05, 0.1) is 0 Å². The lowest BCUT2D eigenvalue weighted by atomic mass is 9.83. The summed E-state index contributed by atoms with van der Waals surface area (Å²) in [5, 5.41) is 5.78. The molecule has 140 valence electrons. The molecule has 3 nitrogen and oxygen atoms in total. The Morgan fingerprint density at radius 3 is 2.65 bits per heavy atom. The highest BCUT2D eigenvalue weighted by Gasteiger charge is 2.40. The quantitative estimate of drug-likeness (QED) is 0.839. The third-order valence-corrected chi connectivity index (χ3v) is 5.62. The molecule has 0 amide bonds. The van der Waals surface area contributed by atoms with Gasteiger partial charge in [0.2, 0.25) is 0 Å². The largest absolute Gasteiger partial charge is 0.435 e. The van der Waals surface area contributed by atoms with Gasteiger partial charge < -0.3 is 15.0 Å². The molecule has 4 rings (SSSR count). The number of fused-ring (bicyclic) bond motifs is 2. The van der Waals surface area contributed by atoms with E-state index < -0.39 is 6.61 Å². The summed E-state index contributed by atoms with van der Waals surface area (Å²) < 4.78 is 29.6. The van der Waals surface area contributed by atoms with Crippen LogP contribution >= 0.6 is 0 Å². The van der Waals surface area contributed by atoms with Crippen LogP contribution in [0.1, 0.15) is 39.5 Å². The van der Waals surface area contributed by atoms with E-state index in [-0.39, 0.29) is 11.3 Å². The van der Waals surface area contributed by atoms with Crippen molar-refractivity contribution < 1.29 is 13.5 Å². The summed E-state index contributed by atoms with van der Waals surface area (Å²) in [5.41, 5.74) is 1.21. The molecule has 0 aromatic heterocycles. The molecule has 1 heterocycles. The number of halogens is 2. The number of nitrogens with one attached hydrogen (secondary N) is 1. The van der Waals surface area contributed by atoms with Crippen molar-refractivity contribution in [2.75, 3.05) is 11.4 Å². The zero-order valence-electron chi connectivity index (χ0n) is 15.3. The second-order valence-corrected chi connectivity index (χ2v) is 8.19. The Balaban J connectivity index is 1.69. The number of rotatable bonds is 3. The topological polar surface area (TPSA) is 24.5 Å². The molecule has 2 aliphatic rings. The third kappa shape index (κ3) is 3.50. The molecular weight excluding hydrogens is 334 g/mol. The predicted molar refractivity (Wildman–Crippen MR) is 101 cm³/mol. The molecular formula is C21H26F2N2O. The number of hydrogen-bond acceptors (Lipinski definition) is 3. The number of nitrogens with zero attached hydrogens (tertiary/aromatic N) is 1. The monoisotopic (exact) mass is 360 g/mol. The molecule has 1 N–H and O–H groups in total. The Kier molecular flexibility index (Phi) is 4.51. The van der Waals surface area contributed by atoms with Gasteiger partial charge in [-0.1, -0.05) is 25.0 Å². The molecule has 5 heteroatoms. The van der Waals surface area contributed by atoms with Crippen LogP contribution in [0.5, 0.6) is 5.75 Å². The van der Waals surface area contributed by atoms with Crippen LogP contribution in [0.3, 0.4) is 0 Å². The highest BCUT2D eigenvalue weighted by molar-refractivity contribution is 5.87. The Hall–Kier alpha value is -1.88. The molecule has 2 aromatic carbocycles. The van der Waals surface area contributed by atoms with Crippen LogP contribution in [0.4, 0.5) is 14.5 Å². The number of benzene rings is 2. The fourth-order valence-electron chi connectivity index (χ4n) is 4.59. The van der Waals surface area contributed by atoms with Crippen molar-refractivity contribution in [1.82, 2.24) is 5.32 Å². The lowest BCUT2D eigenvalue weighted by molar-refractivity contribution is -0.0497. The van der Waals surface area contributed by atoms with Crippen molar-refractivity contribution in [1.29, 1.82) is 0 Å². The highest BCUT2D eigenvalue weighted by Crippen LogP contribution is 2.35. The molecule has 1 saturated carbocycles. The number of piperazine rings is 1. The summed E-state index contributed by atoms with van der Waals surface area (Å²) in [6.07, 6.45) is 4.95. The lowest BCUT2D eigenvalue weighted by Crippen LogP contribution is -2.67. The molecule has 0 radical (unpaired) electrons. The first-order chi connectivity index (χ1) is 12.4. The van der Waals surface area contributed by atoms with Gasteiger partial charge in [-0.05, 0) is 61.7 Å². The lowest BCUT2D eigenvalue weighted by Gasteiger charge is -2.52. The van der Waals surface area contributed by atoms with E-state index in [1.54, 1.807) is 12.1 Å². The minimum absolute atomic E-state index is 0.0497. The standard InChI is InChI=1S/C21H26F2N2O/c1-21(2)13-25(19-6-4-3-5-18(19)24-21)16-9-7-14-8-10-17(26-20(22)23)12-15(14)11-16/h7-12,18-20,24H,3-6,13H2,1-2H3/t18-,19-/m1/s1. The van der Waals surface area contributed by atoms with Gasteiger partial charge >= 0.3 is 6.61 Å². The van der Waals surface area contributed by atoms with Crippen molar-refractivity contribution in [2.45, 2.75) is 63.8 Å². The fraction of sp³-hybridized carbons (Fsp3) is 0.524. The average Bonchev–Trinajstić information content (AvgIpc) is 2.59. The van der Waals surface area contributed by atoms with E-state index in [1.807, 2.05) is 6.07 Å². The molecule has 1 saturated heterocycles. The van der Waals surface area contributed by atoms with E-state index in [2.05, 4.69) is 47.0 Å². The maximum absolute atomic E-state index is 12.5. The molecule has 0 unspecified atom stereocenters. The van der Waals surface area contributed by atoms with Crippen LogP contribution in [0.2, 0.25) is 0 Å². The van der Waals surface area contributed by atoms with Gasteiger partial charge in [0, 0.05) is 29.9 Å². The Bertz CT molecular complexity index is 793. The molecule has 2 aromatic rings. The van der Waals surface area contributed by atoms with E-state index in [9.17, 15) is 8.78 Å². The maximum Gasteiger partial charge on any atom is 0.387 e. The SMILES string of the molecule is CC1(C)CN(c2ccc3ccc(OC(F)F)cc3c2)[C@@H]2CCCC[C@H]2N1. The first-order valence-electron chi connectivity index (χ1n) is 9.44. The van der Waals surface area contributed by atoms with E-state index >= 15 is 0 Å². The number of hydrogen-bond donors (Lipinski definition) is 1. The third-order valence-electron chi connectivity index (χ3n) is 5.62. The molecule has 2 fully saturated rings. The Morgan fingerprint density at radius 2 is 1.85 bits per heavy atom. The first kappa shape index (κ1) is 17.5. The summed E-state index contributed by atoms with van der Waals surface area (Å²) in [7, 11) is 0. The molecule has 0 bridgehead atoms. The van der Waals surface area contributed by atoms with Gasteiger partial charge in [0.25, 0.3) is 0 Å². The minimum atomic E-state index is -2.80. The van der Waals surface area contributed by atoms with Crippen LogP contribution in [-0.4, -0.2) is 30.8 Å². The van der Waals surface area contributed by atoms with Crippen molar-refractivity contribution in [3.05, 3.63) is 36.4 Å². The van der Waals surface area contributed by atoms with Crippen LogP contribution in [0.25, 0.3) is 10.8 Å². The van der Waals surface area contributed by atoms with Crippen molar-refractivity contribution in [3.63, 3.8) is 0 Å². The smallest absolute Gasteiger partial charge is 0.387 e. The van der Waals surface area contributed by atoms with Gasteiger partial charge in [-0.15, -0.1) is 0 Å². The first-order valence-corrected chi connectivity index (χ1v) is 9.44. The van der Waals surface area contributed by atoms with Crippen LogP contribution < -0.4 is 15.0 Å². The van der Waals surface area contributed by atoms with Crippen LogP contribution in [0.15, 0.2) is 36.4 Å². The van der Waals surface area contributed by atoms with Gasteiger partial charge in [0.15, 0.2) is 0 Å². The van der Waals surface area contributed by atoms with Crippen LogP contribution in [-0.2, 0) is 0 Å².